The van der Waals surface area contributed by atoms with Crippen molar-refractivity contribution in [3.8, 4) is 11.8 Å². The highest BCUT2D eigenvalue weighted by molar-refractivity contribution is 6.30. The fraction of sp³-hybridized carbons (Fsp3) is 0.429. The van der Waals surface area contributed by atoms with Crippen LogP contribution in [0, 0.1) is 11.3 Å². The Morgan fingerprint density at radius 1 is 1.33 bits per heavy atom. The number of aromatic nitrogens is 1. The van der Waals surface area contributed by atoms with E-state index in [1.54, 1.807) is 29.0 Å². The van der Waals surface area contributed by atoms with Crippen molar-refractivity contribution >= 4 is 17.5 Å². The molecule has 27 heavy (non-hydrogen) atoms. The monoisotopic (exact) mass is 386 g/mol. The number of hydrogen-bond acceptors (Lipinski definition) is 3. The van der Waals surface area contributed by atoms with Crippen LogP contribution in [0.5, 0.6) is 0 Å². The molecule has 6 heteroatoms. The highest BCUT2D eigenvalue weighted by Crippen LogP contribution is 2.20. The van der Waals surface area contributed by atoms with E-state index in [4.69, 9.17) is 11.6 Å². The summed E-state index contributed by atoms with van der Waals surface area (Å²) in [7, 11) is 0. The molecule has 2 aromatic rings. The van der Waals surface area contributed by atoms with Crippen LogP contribution in [-0.4, -0.2) is 41.1 Å². The van der Waals surface area contributed by atoms with Gasteiger partial charge in [0.2, 0.25) is 0 Å². The fourth-order valence-electron chi connectivity index (χ4n) is 3.12. The van der Waals surface area contributed by atoms with Crippen LogP contribution in [0.4, 0.5) is 0 Å². The first-order chi connectivity index (χ1) is 13.0. The van der Waals surface area contributed by atoms with Crippen molar-refractivity contribution in [3.63, 3.8) is 0 Å². The van der Waals surface area contributed by atoms with E-state index >= 15 is 0 Å². The molecule has 0 saturated carbocycles. The summed E-state index contributed by atoms with van der Waals surface area (Å²) in [6.07, 6.45) is 3.63. The van der Waals surface area contributed by atoms with Gasteiger partial charge in [-0.3, -0.25) is 4.79 Å². The zero-order valence-corrected chi connectivity index (χ0v) is 17.0. The van der Waals surface area contributed by atoms with Crippen LogP contribution in [0.3, 0.4) is 0 Å². The van der Waals surface area contributed by atoms with Crippen molar-refractivity contribution in [2.75, 3.05) is 19.6 Å². The van der Waals surface area contributed by atoms with Crippen molar-refractivity contribution in [2.45, 2.75) is 39.7 Å². The molecule has 1 heterocycles. The average Bonchev–Trinajstić information content (AvgIpc) is 3.09. The SMILES string of the molecule is CCN(CC)CCC[C@H](C)NC(=O)c1c(C#N)ccn1-c1cccc(Cl)c1. The molecule has 0 bridgehead atoms. The van der Waals surface area contributed by atoms with Crippen molar-refractivity contribution in [1.82, 2.24) is 14.8 Å². The lowest BCUT2D eigenvalue weighted by molar-refractivity contribution is 0.0930. The van der Waals surface area contributed by atoms with Crippen molar-refractivity contribution in [1.29, 1.82) is 5.26 Å². The number of carbonyl (C=O) groups excluding carboxylic acids is 1. The second kappa shape index (κ2) is 10.1. The van der Waals surface area contributed by atoms with Crippen LogP contribution in [0.2, 0.25) is 5.02 Å². The molecular weight excluding hydrogens is 360 g/mol. The summed E-state index contributed by atoms with van der Waals surface area (Å²) in [5, 5.41) is 13.0. The Balaban J connectivity index is 2.09. The smallest absolute Gasteiger partial charge is 0.269 e. The van der Waals surface area contributed by atoms with Crippen LogP contribution in [0.1, 0.15) is 49.7 Å². The molecule has 0 aliphatic carbocycles. The zero-order valence-electron chi connectivity index (χ0n) is 16.2. The van der Waals surface area contributed by atoms with Gasteiger partial charge >= 0.3 is 0 Å². The van der Waals surface area contributed by atoms with Crippen LogP contribution in [-0.2, 0) is 0 Å². The number of benzene rings is 1. The summed E-state index contributed by atoms with van der Waals surface area (Å²) in [6.45, 7) is 9.41. The first-order valence-corrected chi connectivity index (χ1v) is 9.78. The summed E-state index contributed by atoms with van der Waals surface area (Å²) in [4.78, 5) is 15.2. The van der Waals surface area contributed by atoms with Crippen LogP contribution in [0.25, 0.3) is 5.69 Å². The molecular formula is C21H27ClN4O. The third kappa shape index (κ3) is 5.59. The van der Waals surface area contributed by atoms with E-state index in [-0.39, 0.29) is 11.9 Å². The number of halogens is 1. The Kier molecular flexibility index (Phi) is 7.90. The summed E-state index contributed by atoms with van der Waals surface area (Å²) >= 11 is 6.08. The van der Waals surface area contributed by atoms with E-state index in [9.17, 15) is 10.1 Å². The predicted molar refractivity (Wildman–Crippen MR) is 109 cm³/mol. The van der Waals surface area contributed by atoms with Gasteiger partial charge in [-0.2, -0.15) is 5.26 Å². The van der Waals surface area contributed by atoms with E-state index in [1.807, 2.05) is 19.1 Å². The number of nitriles is 1. The van der Waals surface area contributed by atoms with Gasteiger partial charge in [0.1, 0.15) is 11.8 Å². The van der Waals surface area contributed by atoms with Gasteiger partial charge in [-0.05, 0) is 63.7 Å². The van der Waals surface area contributed by atoms with Crippen molar-refractivity contribution < 1.29 is 4.79 Å². The molecule has 0 aliphatic heterocycles. The molecule has 0 unspecified atom stereocenters. The number of carbonyl (C=O) groups is 1. The molecule has 0 saturated heterocycles. The molecule has 1 aromatic heterocycles. The maximum Gasteiger partial charge on any atom is 0.269 e. The third-order valence-corrected chi connectivity index (χ3v) is 4.93. The Morgan fingerprint density at radius 2 is 2.07 bits per heavy atom. The molecule has 5 nitrogen and oxygen atoms in total. The van der Waals surface area contributed by atoms with Gasteiger partial charge in [-0.25, -0.2) is 0 Å². The molecule has 0 aliphatic rings. The number of amides is 1. The lowest BCUT2D eigenvalue weighted by Gasteiger charge is -2.20. The second-order valence-corrected chi connectivity index (χ2v) is 7.02. The van der Waals surface area contributed by atoms with Crippen LogP contribution < -0.4 is 5.32 Å². The predicted octanol–water partition coefficient (Wildman–Crippen LogP) is 4.24. The third-order valence-electron chi connectivity index (χ3n) is 4.69. The molecule has 1 aromatic carbocycles. The van der Waals surface area contributed by atoms with Gasteiger partial charge in [0.25, 0.3) is 5.91 Å². The van der Waals surface area contributed by atoms with E-state index in [1.165, 1.54) is 0 Å². The van der Waals surface area contributed by atoms with E-state index in [0.29, 0.717) is 16.3 Å². The Hall–Kier alpha value is -2.29. The lowest BCUT2D eigenvalue weighted by atomic mass is 10.1. The van der Waals surface area contributed by atoms with E-state index in [0.717, 1.165) is 38.2 Å². The lowest BCUT2D eigenvalue weighted by Crippen LogP contribution is -2.35. The molecule has 1 N–H and O–H groups in total. The normalized spacial score (nSPS) is 12.0. The minimum absolute atomic E-state index is 0.0299. The van der Waals surface area contributed by atoms with Crippen molar-refractivity contribution in [3.05, 3.63) is 52.8 Å². The highest BCUT2D eigenvalue weighted by Gasteiger charge is 2.20. The molecule has 1 amide bonds. The van der Waals surface area contributed by atoms with Gasteiger partial charge in [0.15, 0.2) is 0 Å². The minimum Gasteiger partial charge on any atom is -0.348 e. The topological polar surface area (TPSA) is 61.1 Å². The van der Waals surface area contributed by atoms with Gasteiger partial charge < -0.3 is 14.8 Å². The van der Waals surface area contributed by atoms with E-state index in [2.05, 4.69) is 30.1 Å². The highest BCUT2D eigenvalue weighted by atomic mass is 35.5. The first-order valence-electron chi connectivity index (χ1n) is 9.40. The largest absolute Gasteiger partial charge is 0.348 e. The summed E-state index contributed by atoms with van der Waals surface area (Å²) in [6, 6.07) is 11.0. The van der Waals surface area contributed by atoms with Gasteiger partial charge in [-0.1, -0.05) is 31.5 Å². The molecule has 1 atom stereocenters. The van der Waals surface area contributed by atoms with E-state index < -0.39 is 0 Å². The minimum atomic E-state index is -0.244. The molecule has 0 spiro atoms. The van der Waals surface area contributed by atoms with Crippen molar-refractivity contribution in [2.24, 2.45) is 0 Å². The molecule has 144 valence electrons. The van der Waals surface area contributed by atoms with Gasteiger partial charge in [-0.15, -0.1) is 0 Å². The quantitative estimate of drug-likeness (QED) is 0.701. The number of nitrogens with one attached hydrogen (secondary N) is 1. The fourth-order valence-corrected chi connectivity index (χ4v) is 3.31. The standard InChI is InChI=1S/C21H27ClN4O/c1-4-25(5-2)12-7-8-16(3)24-21(27)20-17(15-23)11-13-26(20)19-10-6-9-18(22)14-19/h6,9-11,13-14,16H,4-5,7-8,12H2,1-3H3,(H,24,27)/t16-/m0/s1. The van der Waals surface area contributed by atoms with Gasteiger partial charge in [0, 0.05) is 22.9 Å². The number of hydrogen-bond donors (Lipinski definition) is 1. The Bertz CT molecular complexity index is 805. The molecule has 0 radical (unpaired) electrons. The van der Waals surface area contributed by atoms with Gasteiger partial charge in [0.05, 0.1) is 5.56 Å². The Labute approximate surface area is 166 Å². The summed E-state index contributed by atoms with van der Waals surface area (Å²) < 4.78 is 1.71. The van der Waals surface area contributed by atoms with Crippen LogP contribution in [0.15, 0.2) is 36.5 Å². The summed E-state index contributed by atoms with van der Waals surface area (Å²) in [5.41, 5.74) is 1.45. The first kappa shape index (κ1) is 21.0. The summed E-state index contributed by atoms with van der Waals surface area (Å²) in [5.74, 6) is -0.244. The number of rotatable bonds is 9. The maximum atomic E-state index is 12.9. The maximum absolute atomic E-state index is 12.9. The molecule has 2 rings (SSSR count). The molecule has 0 fully saturated rings. The van der Waals surface area contributed by atoms with Crippen LogP contribution >= 0.6 is 11.6 Å². The Morgan fingerprint density at radius 3 is 2.70 bits per heavy atom. The zero-order chi connectivity index (χ0) is 19.8. The second-order valence-electron chi connectivity index (χ2n) is 6.58. The average molecular weight is 387 g/mol. The number of nitrogens with zero attached hydrogens (tertiary/aromatic N) is 3.